The fraction of sp³-hybridized carbons (Fsp3) is 0.294. The molecule has 5 nitrogen and oxygen atoms in total. The van der Waals surface area contributed by atoms with Gasteiger partial charge >= 0.3 is 0 Å². The number of nitrogens with zero attached hydrogens (tertiary/aromatic N) is 1. The maximum atomic E-state index is 13.8. The topological polar surface area (TPSA) is 62.6 Å². The summed E-state index contributed by atoms with van der Waals surface area (Å²) in [7, 11) is 1.46. The Bertz CT molecular complexity index is 758. The number of likely N-dealkylation sites (N-methyl/N-ethyl adjacent to an activating group) is 1. The van der Waals surface area contributed by atoms with Gasteiger partial charge in [0, 0.05) is 12.6 Å². The van der Waals surface area contributed by atoms with Crippen LogP contribution in [0.3, 0.4) is 0 Å². The number of carbonyl (C=O) groups excluding carboxylic acids is 2. The number of hydrogen-bond donors (Lipinski definition) is 1. The highest BCUT2D eigenvalue weighted by atomic mass is 19.1. The minimum Gasteiger partial charge on any atom is -0.469 e. The lowest BCUT2D eigenvalue weighted by Crippen LogP contribution is -2.39. The first-order valence-electron chi connectivity index (χ1n) is 7.34. The van der Waals surface area contributed by atoms with Crippen LogP contribution in [0, 0.1) is 18.6 Å². The van der Waals surface area contributed by atoms with Crippen LogP contribution in [0.15, 0.2) is 34.9 Å². The fourth-order valence-electron chi connectivity index (χ4n) is 2.26. The van der Waals surface area contributed by atoms with Crippen LogP contribution in [0.25, 0.3) is 0 Å². The Kier molecular flexibility index (Phi) is 5.33. The molecule has 1 unspecified atom stereocenters. The van der Waals surface area contributed by atoms with Gasteiger partial charge in [-0.3, -0.25) is 9.59 Å². The van der Waals surface area contributed by atoms with Gasteiger partial charge in [-0.25, -0.2) is 8.78 Å². The van der Waals surface area contributed by atoms with Crippen LogP contribution in [0.1, 0.15) is 34.6 Å². The molecule has 7 heteroatoms. The Labute approximate surface area is 138 Å². The third-order valence-electron chi connectivity index (χ3n) is 3.89. The lowest BCUT2D eigenvalue weighted by Gasteiger charge is -2.25. The van der Waals surface area contributed by atoms with Crippen molar-refractivity contribution in [3.05, 3.63) is 59.1 Å². The number of aryl methyl sites for hydroxylation is 1. The van der Waals surface area contributed by atoms with Gasteiger partial charge in [-0.05, 0) is 38.1 Å². The average molecular weight is 336 g/mol. The van der Waals surface area contributed by atoms with Gasteiger partial charge in [0.05, 0.1) is 24.4 Å². The molecule has 1 aromatic heterocycles. The number of nitrogens with one attached hydrogen (secondary N) is 1. The maximum Gasteiger partial charge on any atom is 0.255 e. The summed E-state index contributed by atoms with van der Waals surface area (Å²) in [4.78, 5) is 25.4. The zero-order valence-corrected chi connectivity index (χ0v) is 13.6. The predicted octanol–water partition coefficient (Wildman–Crippen LogP) is 2.82. The van der Waals surface area contributed by atoms with E-state index >= 15 is 0 Å². The largest absolute Gasteiger partial charge is 0.469 e. The first-order valence-corrected chi connectivity index (χ1v) is 7.34. The van der Waals surface area contributed by atoms with Gasteiger partial charge in [0.15, 0.2) is 0 Å². The Morgan fingerprint density at radius 1 is 1.29 bits per heavy atom. The molecule has 128 valence electrons. The molecule has 1 aromatic carbocycles. The molecule has 1 heterocycles. The lowest BCUT2D eigenvalue weighted by atomic mass is 10.1. The van der Waals surface area contributed by atoms with Crippen molar-refractivity contribution >= 4 is 11.8 Å². The average Bonchev–Trinajstić information content (AvgIpc) is 2.99. The van der Waals surface area contributed by atoms with Crippen molar-refractivity contribution in [3.63, 3.8) is 0 Å². The van der Waals surface area contributed by atoms with Crippen molar-refractivity contribution in [3.8, 4) is 0 Å². The van der Waals surface area contributed by atoms with Crippen molar-refractivity contribution in [1.82, 2.24) is 10.2 Å². The molecular formula is C17H18F2N2O3. The number of carbonyl (C=O) groups is 2. The summed E-state index contributed by atoms with van der Waals surface area (Å²) >= 11 is 0. The summed E-state index contributed by atoms with van der Waals surface area (Å²) in [5, 5.41) is 2.48. The minimum atomic E-state index is -0.680. The van der Waals surface area contributed by atoms with E-state index < -0.39 is 29.5 Å². The SMILES string of the molecule is Cc1occc1C(=O)NCC(=O)N(C)C(C)c1cc(F)ccc1F. The van der Waals surface area contributed by atoms with E-state index in [2.05, 4.69) is 5.32 Å². The van der Waals surface area contributed by atoms with E-state index in [-0.39, 0.29) is 12.1 Å². The molecule has 0 spiro atoms. The zero-order valence-electron chi connectivity index (χ0n) is 13.6. The van der Waals surface area contributed by atoms with Crippen molar-refractivity contribution in [1.29, 1.82) is 0 Å². The number of halogens is 2. The Hall–Kier alpha value is -2.70. The highest BCUT2D eigenvalue weighted by Crippen LogP contribution is 2.22. The van der Waals surface area contributed by atoms with Crippen LogP contribution in [-0.2, 0) is 4.79 Å². The summed E-state index contributed by atoms with van der Waals surface area (Å²) < 4.78 is 32.1. The molecule has 2 aromatic rings. The number of furan rings is 1. The monoisotopic (exact) mass is 336 g/mol. The normalized spacial score (nSPS) is 11.9. The van der Waals surface area contributed by atoms with Crippen molar-refractivity contribution < 1.29 is 22.8 Å². The number of benzene rings is 1. The molecule has 0 aliphatic carbocycles. The van der Waals surface area contributed by atoms with E-state index in [1.165, 1.54) is 24.3 Å². The molecule has 0 aliphatic heterocycles. The van der Waals surface area contributed by atoms with E-state index in [0.29, 0.717) is 11.3 Å². The number of hydrogen-bond acceptors (Lipinski definition) is 3. The standard InChI is InChI=1S/C17H18F2N2O3/c1-10(14-8-12(18)4-5-15(14)19)21(3)16(22)9-20-17(23)13-6-7-24-11(13)2/h4-8,10H,9H2,1-3H3,(H,20,23). The van der Waals surface area contributed by atoms with Gasteiger partial charge in [-0.15, -0.1) is 0 Å². The lowest BCUT2D eigenvalue weighted by molar-refractivity contribution is -0.130. The predicted molar refractivity (Wildman–Crippen MR) is 83.3 cm³/mol. The molecule has 0 radical (unpaired) electrons. The number of rotatable bonds is 5. The summed E-state index contributed by atoms with van der Waals surface area (Å²) in [6.07, 6.45) is 1.38. The van der Waals surface area contributed by atoms with Crippen molar-refractivity contribution in [2.24, 2.45) is 0 Å². The molecule has 0 saturated heterocycles. The highest BCUT2D eigenvalue weighted by Gasteiger charge is 2.21. The van der Waals surface area contributed by atoms with E-state index in [4.69, 9.17) is 4.42 Å². The molecule has 0 aliphatic rings. The summed E-state index contributed by atoms with van der Waals surface area (Å²) in [5.74, 6) is -1.60. The van der Waals surface area contributed by atoms with Crippen LogP contribution in [0.2, 0.25) is 0 Å². The second-order valence-electron chi connectivity index (χ2n) is 5.42. The third kappa shape index (κ3) is 3.79. The third-order valence-corrected chi connectivity index (χ3v) is 3.89. The Balaban J connectivity index is 2.00. The Morgan fingerprint density at radius 2 is 2.00 bits per heavy atom. The second kappa shape index (κ2) is 7.25. The molecule has 2 amide bonds. The van der Waals surface area contributed by atoms with Crippen LogP contribution in [0.4, 0.5) is 8.78 Å². The first-order chi connectivity index (χ1) is 11.3. The van der Waals surface area contributed by atoms with E-state index in [0.717, 1.165) is 18.2 Å². The maximum absolute atomic E-state index is 13.8. The van der Waals surface area contributed by atoms with Gasteiger partial charge in [0.1, 0.15) is 17.4 Å². The first kappa shape index (κ1) is 17.7. The molecule has 24 heavy (non-hydrogen) atoms. The van der Waals surface area contributed by atoms with E-state index in [9.17, 15) is 18.4 Å². The van der Waals surface area contributed by atoms with E-state index in [1.807, 2.05) is 0 Å². The second-order valence-corrected chi connectivity index (χ2v) is 5.42. The molecule has 0 saturated carbocycles. The molecule has 0 fully saturated rings. The summed E-state index contributed by atoms with van der Waals surface area (Å²) in [5.41, 5.74) is 0.414. The summed E-state index contributed by atoms with van der Waals surface area (Å²) in [6.45, 7) is 2.96. The minimum absolute atomic E-state index is 0.0721. The Morgan fingerprint density at radius 3 is 2.62 bits per heavy atom. The van der Waals surface area contributed by atoms with Crippen LogP contribution >= 0.6 is 0 Å². The zero-order chi connectivity index (χ0) is 17.9. The smallest absolute Gasteiger partial charge is 0.255 e. The van der Waals surface area contributed by atoms with Crippen molar-refractivity contribution in [2.75, 3.05) is 13.6 Å². The highest BCUT2D eigenvalue weighted by molar-refractivity contribution is 5.97. The van der Waals surface area contributed by atoms with Gasteiger partial charge in [0.25, 0.3) is 5.91 Å². The van der Waals surface area contributed by atoms with Gasteiger partial charge in [-0.2, -0.15) is 0 Å². The number of amides is 2. The molecule has 1 atom stereocenters. The van der Waals surface area contributed by atoms with Gasteiger partial charge in [0.2, 0.25) is 5.91 Å². The van der Waals surface area contributed by atoms with Crippen LogP contribution < -0.4 is 5.32 Å². The molecule has 0 bridgehead atoms. The molecule has 1 N–H and O–H groups in total. The molecular weight excluding hydrogens is 318 g/mol. The molecule has 2 rings (SSSR count). The van der Waals surface area contributed by atoms with Crippen molar-refractivity contribution in [2.45, 2.75) is 19.9 Å². The van der Waals surface area contributed by atoms with Crippen LogP contribution in [0.5, 0.6) is 0 Å². The van der Waals surface area contributed by atoms with Crippen LogP contribution in [-0.4, -0.2) is 30.3 Å². The van der Waals surface area contributed by atoms with Gasteiger partial charge < -0.3 is 14.6 Å². The van der Waals surface area contributed by atoms with Gasteiger partial charge in [-0.1, -0.05) is 0 Å². The van der Waals surface area contributed by atoms with E-state index in [1.54, 1.807) is 13.8 Å². The quantitative estimate of drug-likeness (QED) is 0.913. The fourth-order valence-corrected chi connectivity index (χ4v) is 2.26. The summed E-state index contributed by atoms with van der Waals surface area (Å²) in [6, 6.07) is 3.91.